The van der Waals surface area contributed by atoms with Gasteiger partial charge in [0.15, 0.2) is 0 Å². The number of likely N-dealkylation sites (tertiary alicyclic amines) is 1. The van der Waals surface area contributed by atoms with Crippen molar-refractivity contribution in [2.24, 2.45) is 0 Å². The molecule has 0 radical (unpaired) electrons. The van der Waals surface area contributed by atoms with Gasteiger partial charge in [-0.1, -0.05) is 6.07 Å². The number of amides is 1. The van der Waals surface area contributed by atoms with Crippen LogP contribution < -0.4 is 5.32 Å². The molecule has 5 heteroatoms. The summed E-state index contributed by atoms with van der Waals surface area (Å²) in [7, 11) is 0. The first-order valence-corrected chi connectivity index (χ1v) is 7.91. The summed E-state index contributed by atoms with van der Waals surface area (Å²) in [5.74, 6) is -0.0932. The number of carbonyl (C=O) groups excluding carboxylic acids is 1. The molecule has 1 aromatic rings. The van der Waals surface area contributed by atoms with Gasteiger partial charge in [-0.3, -0.25) is 9.69 Å². The smallest absolute Gasteiger partial charge is 0.237 e. The number of hydrogen-bond donors (Lipinski definition) is 1. The number of carbonyl (C=O) groups is 1. The van der Waals surface area contributed by atoms with Gasteiger partial charge in [0.1, 0.15) is 5.82 Å². The molecule has 1 N–H and O–H groups in total. The number of nitrogens with zero attached hydrogens (tertiary/aromatic N) is 1. The molecule has 3 rings (SSSR count). The summed E-state index contributed by atoms with van der Waals surface area (Å²) >= 11 is 3.21. The van der Waals surface area contributed by atoms with Crippen LogP contribution in [0.4, 0.5) is 4.39 Å². The average Bonchev–Trinajstić information content (AvgIpc) is 3.10. The first-order chi connectivity index (χ1) is 9.63. The summed E-state index contributed by atoms with van der Waals surface area (Å²) < 4.78 is 13.7. The number of halogens is 2. The van der Waals surface area contributed by atoms with Gasteiger partial charge in [0.05, 0.1) is 10.5 Å². The van der Waals surface area contributed by atoms with Crippen molar-refractivity contribution in [1.29, 1.82) is 0 Å². The van der Waals surface area contributed by atoms with E-state index in [-0.39, 0.29) is 17.8 Å². The Morgan fingerprint density at radius 3 is 2.90 bits per heavy atom. The molecule has 1 aromatic carbocycles. The van der Waals surface area contributed by atoms with Crippen molar-refractivity contribution in [3.8, 4) is 0 Å². The van der Waals surface area contributed by atoms with E-state index in [0.717, 1.165) is 37.8 Å². The maximum absolute atomic E-state index is 13.2. The normalized spacial score (nSPS) is 23.0. The average molecular weight is 341 g/mol. The van der Waals surface area contributed by atoms with Crippen LogP contribution in [0, 0.1) is 5.82 Å². The molecule has 20 heavy (non-hydrogen) atoms. The minimum absolute atomic E-state index is 0.0283. The molecule has 108 valence electrons. The second-order valence-electron chi connectivity index (χ2n) is 5.66. The Labute approximate surface area is 126 Å². The van der Waals surface area contributed by atoms with Crippen molar-refractivity contribution in [3.63, 3.8) is 0 Å². The lowest BCUT2D eigenvalue weighted by Crippen LogP contribution is -2.43. The molecule has 2 aliphatic rings. The number of benzene rings is 1. The van der Waals surface area contributed by atoms with E-state index in [0.29, 0.717) is 17.1 Å². The van der Waals surface area contributed by atoms with E-state index < -0.39 is 0 Å². The van der Waals surface area contributed by atoms with E-state index in [1.165, 1.54) is 6.07 Å². The van der Waals surface area contributed by atoms with E-state index in [1.807, 2.05) is 0 Å². The van der Waals surface area contributed by atoms with Gasteiger partial charge in [-0.2, -0.15) is 0 Å². The molecule has 0 bridgehead atoms. The highest BCUT2D eigenvalue weighted by Gasteiger charge is 2.33. The van der Waals surface area contributed by atoms with Gasteiger partial charge in [0.2, 0.25) is 5.91 Å². The van der Waals surface area contributed by atoms with Crippen LogP contribution in [0.15, 0.2) is 22.7 Å². The predicted octanol–water partition coefficient (Wildman–Crippen LogP) is 2.83. The van der Waals surface area contributed by atoms with E-state index in [4.69, 9.17) is 0 Å². The molecule has 1 saturated carbocycles. The van der Waals surface area contributed by atoms with Crippen molar-refractivity contribution in [2.45, 2.75) is 44.3 Å². The summed E-state index contributed by atoms with van der Waals surface area (Å²) in [5, 5.41) is 3.08. The van der Waals surface area contributed by atoms with Crippen molar-refractivity contribution < 1.29 is 9.18 Å². The van der Waals surface area contributed by atoms with Crippen LogP contribution in [0.1, 0.15) is 31.2 Å². The molecular formula is C15H18BrFN2O. The fourth-order valence-electron chi connectivity index (χ4n) is 2.71. The highest BCUT2D eigenvalue weighted by Crippen LogP contribution is 2.25. The van der Waals surface area contributed by atoms with Gasteiger partial charge in [-0.15, -0.1) is 0 Å². The highest BCUT2D eigenvalue weighted by atomic mass is 79.9. The van der Waals surface area contributed by atoms with Crippen LogP contribution in [-0.2, 0) is 11.3 Å². The van der Waals surface area contributed by atoms with Crippen molar-refractivity contribution in [2.75, 3.05) is 6.54 Å². The van der Waals surface area contributed by atoms with Gasteiger partial charge in [0, 0.05) is 12.6 Å². The molecular weight excluding hydrogens is 323 g/mol. The molecule has 1 aliphatic heterocycles. The number of hydrogen-bond acceptors (Lipinski definition) is 2. The summed E-state index contributed by atoms with van der Waals surface area (Å²) in [6.45, 7) is 1.62. The highest BCUT2D eigenvalue weighted by molar-refractivity contribution is 9.10. The molecule has 1 atom stereocenters. The molecule has 1 heterocycles. The zero-order valence-corrected chi connectivity index (χ0v) is 12.8. The molecule has 0 spiro atoms. The van der Waals surface area contributed by atoms with Gasteiger partial charge >= 0.3 is 0 Å². The topological polar surface area (TPSA) is 32.3 Å². The molecule has 1 amide bonds. The van der Waals surface area contributed by atoms with Gasteiger partial charge in [-0.25, -0.2) is 4.39 Å². The van der Waals surface area contributed by atoms with Crippen LogP contribution in [-0.4, -0.2) is 29.4 Å². The van der Waals surface area contributed by atoms with E-state index >= 15 is 0 Å². The monoisotopic (exact) mass is 340 g/mol. The number of rotatable bonds is 4. The summed E-state index contributed by atoms with van der Waals surface area (Å²) in [5.41, 5.74) is 1.03. The Balaban J connectivity index is 1.65. The minimum atomic E-state index is -0.252. The van der Waals surface area contributed by atoms with E-state index in [9.17, 15) is 9.18 Å². The second-order valence-corrected chi connectivity index (χ2v) is 6.51. The first kappa shape index (κ1) is 14.0. The molecule has 1 aliphatic carbocycles. The van der Waals surface area contributed by atoms with Gasteiger partial charge in [0.25, 0.3) is 0 Å². The predicted molar refractivity (Wildman–Crippen MR) is 78.7 cm³/mol. The van der Waals surface area contributed by atoms with Crippen LogP contribution in [0.5, 0.6) is 0 Å². The molecule has 1 saturated heterocycles. The van der Waals surface area contributed by atoms with Crippen molar-refractivity contribution >= 4 is 21.8 Å². The van der Waals surface area contributed by atoms with Crippen molar-refractivity contribution in [3.05, 3.63) is 34.1 Å². The number of nitrogens with one attached hydrogen (secondary N) is 1. The standard InChI is InChI=1S/C15H18BrFN2O/c16-12-8-10(3-6-13(12)17)9-19-7-1-2-14(19)15(20)18-11-4-5-11/h3,6,8,11,14H,1-2,4-5,7,9H2,(H,18,20). The third-order valence-electron chi connectivity index (χ3n) is 3.96. The fourth-order valence-corrected chi connectivity index (χ4v) is 3.14. The maximum Gasteiger partial charge on any atom is 0.237 e. The Morgan fingerprint density at radius 1 is 1.40 bits per heavy atom. The zero-order valence-electron chi connectivity index (χ0n) is 11.2. The SMILES string of the molecule is O=C(NC1CC1)C1CCCN1Cc1ccc(F)c(Br)c1. The largest absolute Gasteiger partial charge is 0.352 e. The van der Waals surface area contributed by atoms with Crippen LogP contribution >= 0.6 is 15.9 Å². The van der Waals surface area contributed by atoms with Gasteiger partial charge in [-0.05, 0) is 65.9 Å². The lowest BCUT2D eigenvalue weighted by atomic mass is 10.1. The van der Waals surface area contributed by atoms with Crippen LogP contribution in [0.2, 0.25) is 0 Å². The lowest BCUT2D eigenvalue weighted by Gasteiger charge is -2.23. The van der Waals surface area contributed by atoms with Crippen molar-refractivity contribution in [1.82, 2.24) is 10.2 Å². The fraction of sp³-hybridized carbons (Fsp3) is 0.533. The zero-order chi connectivity index (χ0) is 14.1. The Bertz CT molecular complexity index is 519. The Morgan fingerprint density at radius 2 is 2.20 bits per heavy atom. The Kier molecular flexibility index (Phi) is 4.08. The lowest BCUT2D eigenvalue weighted by molar-refractivity contribution is -0.125. The van der Waals surface area contributed by atoms with E-state index in [1.54, 1.807) is 12.1 Å². The molecule has 2 fully saturated rings. The molecule has 0 aromatic heterocycles. The second kappa shape index (κ2) is 5.82. The quantitative estimate of drug-likeness (QED) is 0.913. The minimum Gasteiger partial charge on any atom is -0.352 e. The maximum atomic E-state index is 13.2. The Hall–Kier alpha value is -0.940. The molecule has 1 unspecified atom stereocenters. The third kappa shape index (κ3) is 3.20. The first-order valence-electron chi connectivity index (χ1n) is 7.12. The summed E-state index contributed by atoms with van der Waals surface area (Å²) in [6.07, 6.45) is 4.19. The van der Waals surface area contributed by atoms with Gasteiger partial charge < -0.3 is 5.32 Å². The third-order valence-corrected chi connectivity index (χ3v) is 4.57. The summed E-state index contributed by atoms with van der Waals surface area (Å²) in [4.78, 5) is 14.4. The van der Waals surface area contributed by atoms with Crippen LogP contribution in [0.25, 0.3) is 0 Å². The van der Waals surface area contributed by atoms with Crippen LogP contribution in [0.3, 0.4) is 0 Å². The van der Waals surface area contributed by atoms with E-state index in [2.05, 4.69) is 26.1 Å². The molecule has 3 nitrogen and oxygen atoms in total. The summed E-state index contributed by atoms with van der Waals surface area (Å²) in [6, 6.07) is 5.43.